The van der Waals surface area contributed by atoms with Crippen molar-refractivity contribution in [1.82, 2.24) is 15.0 Å². The number of Topliss-reactive ketones (excluding diaryl/α,β-unsaturated/α-hetero) is 1. The quantitative estimate of drug-likeness (QED) is 0.689. The third-order valence-corrected chi connectivity index (χ3v) is 4.83. The number of ether oxygens (including phenoxy) is 1. The van der Waals surface area contributed by atoms with Gasteiger partial charge in [0.2, 0.25) is 0 Å². The standard InChI is InChI=1S/C22H20N4O4/c1-22(2)11-17-15(18(27)12-22)10-16(20(29)26-17)19(28)25-13-4-6-14(7-5-13)30-21-23-8-3-9-24-21/h3-10H,11-12H2,1-2H3,(H,25,28)(H,26,29). The van der Waals surface area contributed by atoms with E-state index in [1.54, 1.807) is 42.7 Å². The van der Waals surface area contributed by atoms with Crippen molar-refractivity contribution in [1.29, 1.82) is 0 Å². The van der Waals surface area contributed by atoms with Gasteiger partial charge >= 0.3 is 6.01 Å². The Labute approximate surface area is 172 Å². The van der Waals surface area contributed by atoms with Crippen molar-refractivity contribution in [3.63, 3.8) is 0 Å². The number of anilines is 1. The second-order valence-corrected chi connectivity index (χ2v) is 7.96. The highest BCUT2D eigenvalue weighted by atomic mass is 16.5. The molecular formula is C22H20N4O4. The Hall–Kier alpha value is -3.81. The number of hydrogen-bond donors (Lipinski definition) is 2. The first-order chi connectivity index (χ1) is 14.3. The van der Waals surface area contributed by atoms with Gasteiger partial charge in [-0.15, -0.1) is 0 Å². The van der Waals surface area contributed by atoms with Crippen molar-refractivity contribution in [2.45, 2.75) is 26.7 Å². The number of pyridine rings is 1. The molecule has 0 fully saturated rings. The van der Waals surface area contributed by atoms with Gasteiger partial charge in [-0.25, -0.2) is 9.97 Å². The summed E-state index contributed by atoms with van der Waals surface area (Å²) < 4.78 is 5.51. The fraction of sp³-hybridized carbons (Fsp3) is 0.227. The van der Waals surface area contributed by atoms with Gasteiger partial charge in [-0.05, 0) is 48.2 Å². The van der Waals surface area contributed by atoms with Gasteiger partial charge in [0, 0.05) is 35.8 Å². The molecule has 1 aliphatic rings. The lowest BCUT2D eigenvalue weighted by atomic mass is 9.75. The number of nitrogens with zero attached hydrogens (tertiary/aromatic N) is 2. The van der Waals surface area contributed by atoms with Crippen LogP contribution in [0.15, 0.2) is 53.6 Å². The number of hydrogen-bond acceptors (Lipinski definition) is 6. The van der Waals surface area contributed by atoms with Crippen molar-refractivity contribution in [3.8, 4) is 11.8 Å². The first kappa shape index (κ1) is 19.5. The van der Waals surface area contributed by atoms with Crippen LogP contribution in [0.1, 0.15) is 46.7 Å². The summed E-state index contributed by atoms with van der Waals surface area (Å²) in [5.74, 6) is -0.160. The first-order valence-corrected chi connectivity index (χ1v) is 9.46. The number of rotatable bonds is 4. The second-order valence-electron chi connectivity index (χ2n) is 7.96. The highest BCUT2D eigenvalue weighted by Gasteiger charge is 2.32. The molecule has 0 bridgehead atoms. The monoisotopic (exact) mass is 404 g/mol. The van der Waals surface area contributed by atoms with Crippen LogP contribution in [0.2, 0.25) is 0 Å². The van der Waals surface area contributed by atoms with Crippen LogP contribution in [0.4, 0.5) is 5.69 Å². The minimum absolute atomic E-state index is 0.0730. The van der Waals surface area contributed by atoms with Crippen molar-refractivity contribution >= 4 is 17.4 Å². The maximum absolute atomic E-state index is 12.6. The molecule has 30 heavy (non-hydrogen) atoms. The molecule has 1 aromatic carbocycles. The van der Waals surface area contributed by atoms with Crippen LogP contribution >= 0.6 is 0 Å². The molecule has 0 saturated carbocycles. The molecule has 0 atom stereocenters. The summed E-state index contributed by atoms with van der Waals surface area (Å²) in [5.41, 5.74) is 0.641. The summed E-state index contributed by atoms with van der Waals surface area (Å²) in [6.45, 7) is 3.95. The van der Waals surface area contributed by atoms with E-state index in [9.17, 15) is 14.4 Å². The maximum atomic E-state index is 12.6. The summed E-state index contributed by atoms with van der Waals surface area (Å²) in [6.07, 6.45) is 4.09. The van der Waals surface area contributed by atoms with Crippen molar-refractivity contribution in [3.05, 3.63) is 76.0 Å². The van der Waals surface area contributed by atoms with E-state index in [0.29, 0.717) is 35.5 Å². The lowest BCUT2D eigenvalue weighted by Gasteiger charge is -2.29. The number of amides is 1. The van der Waals surface area contributed by atoms with Gasteiger partial charge in [-0.2, -0.15) is 0 Å². The summed E-state index contributed by atoms with van der Waals surface area (Å²) in [7, 11) is 0. The number of benzene rings is 1. The summed E-state index contributed by atoms with van der Waals surface area (Å²) in [5, 5.41) is 2.67. The Balaban J connectivity index is 1.51. The topological polar surface area (TPSA) is 114 Å². The van der Waals surface area contributed by atoms with E-state index in [0.717, 1.165) is 0 Å². The predicted octanol–water partition coefficient (Wildman–Crippen LogP) is 3.36. The average Bonchev–Trinajstić information content (AvgIpc) is 2.69. The molecule has 8 heteroatoms. The van der Waals surface area contributed by atoms with Crippen molar-refractivity contribution in [2.75, 3.05) is 5.32 Å². The van der Waals surface area contributed by atoms with Crippen LogP contribution < -0.4 is 15.6 Å². The first-order valence-electron chi connectivity index (χ1n) is 9.46. The molecule has 0 saturated heterocycles. The van der Waals surface area contributed by atoms with E-state index in [4.69, 9.17) is 4.74 Å². The summed E-state index contributed by atoms with van der Waals surface area (Å²) in [6, 6.07) is 9.85. The van der Waals surface area contributed by atoms with Gasteiger partial charge in [-0.1, -0.05) is 13.8 Å². The van der Waals surface area contributed by atoms with Crippen molar-refractivity contribution < 1.29 is 14.3 Å². The Kier molecular flexibility index (Phi) is 4.91. The number of carbonyl (C=O) groups excluding carboxylic acids is 2. The Morgan fingerprint density at radius 3 is 2.50 bits per heavy atom. The van der Waals surface area contributed by atoms with E-state index >= 15 is 0 Å². The van der Waals surface area contributed by atoms with E-state index < -0.39 is 11.5 Å². The number of nitrogens with one attached hydrogen (secondary N) is 2. The molecule has 8 nitrogen and oxygen atoms in total. The molecule has 152 valence electrons. The highest BCUT2D eigenvalue weighted by molar-refractivity contribution is 6.06. The number of ketones is 1. The molecule has 2 aromatic heterocycles. The zero-order valence-corrected chi connectivity index (χ0v) is 16.6. The Morgan fingerprint density at radius 2 is 1.80 bits per heavy atom. The van der Waals surface area contributed by atoms with E-state index in [1.165, 1.54) is 6.07 Å². The third kappa shape index (κ3) is 4.12. The highest BCUT2D eigenvalue weighted by Crippen LogP contribution is 2.33. The van der Waals surface area contributed by atoms with Crippen LogP contribution in [0.3, 0.4) is 0 Å². The van der Waals surface area contributed by atoms with Crippen LogP contribution in [-0.4, -0.2) is 26.6 Å². The molecule has 0 radical (unpaired) electrons. The van der Waals surface area contributed by atoms with E-state index in [2.05, 4.69) is 20.3 Å². The Morgan fingerprint density at radius 1 is 1.10 bits per heavy atom. The fourth-order valence-electron chi connectivity index (χ4n) is 3.44. The van der Waals surface area contributed by atoms with Crippen LogP contribution in [-0.2, 0) is 6.42 Å². The zero-order chi connectivity index (χ0) is 21.3. The lowest BCUT2D eigenvalue weighted by molar-refractivity contribution is 0.0910. The molecule has 0 unspecified atom stereocenters. The van der Waals surface area contributed by atoms with Gasteiger partial charge in [0.15, 0.2) is 5.78 Å². The minimum Gasteiger partial charge on any atom is -0.424 e. The second kappa shape index (κ2) is 7.55. The van der Waals surface area contributed by atoms with Gasteiger partial charge in [0.25, 0.3) is 11.5 Å². The number of fused-ring (bicyclic) bond motifs is 1. The van der Waals surface area contributed by atoms with E-state index in [-0.39, 0.29) is 22.8 Å². The van der Waals surface area contributed by atoms with Gasteiger partial charge in [0.05, 0.1) is 0 Å². The normalized spacial score (nSPS) is 14.7. The number of carbonyl (C=O) groups is 2. The predicted molar refractivity (Wildman–Crippen MR) is 110 cm³/mol. The lowest BCUT2D eigenvalue weighted by Crippen LogP contribution is -2.32. The zero-order valence-electron chi connectivity index (χ0n) is 16.6. The van der Waals surface area contributed by atoms with E-state index in [1.807, 2.05) is 13.8 Å². The third-order valence-electron chi connectivity index (χ3n) is 4.83. The summed E-state index contributed by atoms with van der Waals surface area (Å²) >= 11 is 0. The average molecular weight is 404 g/mol. The minimum atomic E-state index is -0.586. The molecule has 0 spiro atoms. The molecule has 0 aliphatic heterocycles. The molecule has 1 amide bonds. The van der Waals surface area contributed by atoms with Crippen LogP contribution in [0.25, 0.3) is 0 Å². The molecule has 1 aliphatic carbocycles. The van der Waals surface area contributed by atoms with Gasteiger partial charge in [0.1, 0.15) is 11.3 Å². The summed E-state index contributed by atoms with van der Waals surface area (Å²) in [4.78, 5) is 48.2. The fourth-order valence-corrected chi connectivity index (χ4v) is 3.44. The molecular weight excluding hydrogens is 384 g/mol. The molecule has 2 heterocycles. The molecule has 4 rings (SSSR count). The number of aromatic amines is 1. The molecule has 3 aromatic rings. The molecule has 2 N–H and O–H groups in total. The Bertz CT molecular complexity index is 1170. The largest absolute Gasteiger partial charge is 0.424 e. The SMILES string of the molecule is CC1(C)CC(=O)c2cc(C(=O)Nc3ccc(Oc4ncccn4)cc3)c(=O)[nH]c2C1. The number of aromatic nitrogens is 3. The van der Waals surface area contributed by atoms with Crippen LogP contribution in [0.5, 0.6) is 11.8 Å². The van der Waals surface area contributed by atoms with Gasteiger partial charge in [-0.3, -0.25) is 14.4 Å². The maximum Gasteiger partial charge on any atom is 0.321 e. The smallest absolute Gasteiger partial charge is 0.321 e. The number of H-pyrrole nitrogens is 1. The van der Waals surface area contributed by atoms with Crippen molar-refractivity contribution in [2.24, 2.45) is 5.41 Å². The van der Waals surface area contributed by atoms with Crippen LogP contribution in [0, 0.1) is 5.41 Å². The van der Waals surface area contributed by atoms with Gasteiger partial charge < -0.3 is 15.0 Å².